The maximum Gasteiger partial charge on any atom is 0.138 e. The van der Waals surface area contributed by atoms with Gasteiger partial charge in [0.25, 0.3) is 0 Å². The van der Waals surface area contributed by atoms with Crippen molar-refractivity contribution in [2.45, 2.75) is 13.0 Å². The lowest BCUT2D eigenvalue weighted by Crippen LogP contribution is -2.08. The first-order valence-electron chi connectivity index (χ1n) is 6.28. The number of thiophene rings is 1. The van der Waals surface area contributed by atoms with Gasteiger partial charge >= 0.3 is 0 Å². The van der Waals surface area contributed by atoms with E-state index in [-0.39, 0.29) is 6.04 Å². The highest BCUT2D eigenvalue weighted by Crippen LogP contribution is 2.31. The van der Waals surface area contributed by atoms with Crippen LogP contribution < -0.4 is 5.32 Å². The molecule has 2 aromatic heterocycles. The molecule has 4 nitrogen and oxygen atoms in total. The van der Waals surface area contributed by atoms with Crippen molar-refractivity contribution in [1.29, 1.82) is 0 Å². The van der Waals surface area contributed by atoms with Crippen molar-refractivity contribution in [3.63, 3.8) is 0 Å². The van der Waals surface area contributed by atoms with E-state index in [0.717, 1.165) is 15.8 Å². The molecule has 0 saturated carbocycles. The Morgan fingerprint density at radius 1 is 1.38 bits per heavy atom. The predicted molar refractivity (Wildman–Crippen MR) is 90.4 cm³/mol. The van der Waals surface area contributed by atoms with Crippen LogP contribution in [0.4, 0.5) is 5.69 Å². The Kier molecular flexibility index (Phi) is 4.28. The maximum atomic E-state index is 6.12. The minimum atomic E-state index is 0.169. The molecule has 1 atom stereocenters. The fraction of sp³-hybridized carbons (Fsp3) is 0.143. The zero-order valence-corrected chi connectivity index (χ0v) is 14.3. The van der Waals surface area contributed by atoms with Gasteiger partial charge in [-0.3, -0.25) is 0 Å². The van der Waals surface area contributed by atoms with Crippen molar-refractivity contribution < 1.29 is 0 Å². The van der Waals surface area contributed by atoms with Gasteiger partial charge in [0.15, 0.2) is 0 Å². The number of anilines is 1. The molecule has 0 radical (unpaired) electrons. The Morgan fingerprint density at radius 3 is 2.90 bits per heavy atom. The van der Waals surface area contributed by atoms with Crippen LogP contribution in [0.15, 0.2) is 46.8 Å². The van der Waals surface area contributed by atoms with Crippen LogP contribution in [0, 0.1) is 0 Å². The second-order valence-electron chi connectivity index (χ2n) is 4.53. The number of hydrogen-bond acceptors (Lipinski definition) is 4. The van der Waals surface area contributed by atoms with Crippen molar-refractivity contribution in [1.82, 2.24) is 14.8 Å². The number of rotatable bonds is 4. The van der Waals surface area contributed by atoms with Gasteiger partial charge < -0.3 is 5.32 Å². The molecule has 7 heteroatoms. The zero-order chi connectivity index (χ0) is 14.8. The van der Waals surface area contributed by atoms with Gasteiger partial charge in [0, 0.05) is 19.8 Å². The molecular weight excluding hydrogens is 372 g/mol. The monoisotopic (exact) mass is 382 g/mol. The largest absolute Gasteiger partial charge is 0.376 e. The molecule has 0 aliphatic rings. The first-order chi connectivity index (χ1) is 10.1. The molecule has 1 aromatic carbocycles. The van der Waals surface area contributed by atoms with Gasteiger partial charge in [-0.2, -0.15) is 5.10 Å². The molecule has 21 heavy (non-hydrogen) atoms. The third-order valence-electron chi connectivity index (χ3n) is 3.01. The van der Waals surface area contributed by atoms with Crippen LogP contribution in [0.1, 0.15) is 17.8 Å². The minimum Gasteiger partial charge on any atom is -0.376 e. The molecule has 2 heterocycles. The Bertz CT molecular complexity index is 741. The first kappa shape index (κ1) is 14.6. The summed E-state index contributed by atoms with van der Waals surface area (Å²) in [6.07, 6.45) is 3.18. The van der Waals surface area contributed by atoms with Crippen LogP contribution in [0.25, 0.3) is 5.69 Å². The lowest BCUT2D eigenvalue weighted by atomic mass is 10.2. The highest BCUT2D eigenvalue weighted by atomic mass is 79.9. The number of hydrogen-bond donors (Lipinski definition) is 1. The summed E-state index contributed by atoms with van der Waals surface area (Å²) < 4.78 is 2.81. The second-order valence-corrected chi connectivity index (χ2v) is 6.83. The summed E-state index contributed by atoms with van der Waals surface area (Å²) in [7, 11) is 0. The summed E-state index contributed by atoms with van der Waals surface area (Å²) in [5.41, 5.74) is 1.84. The molecular formula is C14H12BrClN4S. The fourth-order valence-corrected chi connectivity index (χ4v) is 3.64. The quantitative estimate of drug-likeness (QED) is 0.695. The lowest BCUT2D eigenvalue weighted by molar-refractivity contribution is 0.860. The third-order valence-corrected chi connectivity index (χ3v) is 5.12. The Balaban J connectivity index is 1.92. The molecule has 3 rings (SSSR count). The van der Waals surface area contributed by atoms with Crippen LogP contribution in [0.2, 0.25) is 5.02 Å². The van der Waals surface area contributed by atoms with E-state index in [1.165, 1.54) is 11.2 Å². The Hall–Kier alpha value is -1.37. The molecule has 0 amide bonds. The highest BCUT2D eigenvalue weighted by molar-refractivity contribution is 9.10. The van der Waals surface area contributed by atoms with E-state index in [0.29, 0.717) is 5.02 Å². The maximum absolute atomic E-state index is 6.12. The normalized spacial score (nSPS) is 12.3. The first-order valence-corrected chi connectivity index (χ1v) is 8.33. The van der Waals surface area contributed by atoms with Crippen LogP contribution in [-0.2, 0) is 0 Å². The lowest BCUT2D eigenvalue weighted by Gasteiger charge is -2.17. The predicted octanol–water partition coefficient (Wildman–Crippen LogP) is 4.92. The van der Waals surface area contributed by atoms with Gasteiger partial charge in [-0.15, -0.1) is 11.3 Å². The molecule has 0 fully saturated rings. The van der Waals surface area contributed by atoms with Crippen LogP contribution >= 0.6 is 38.9 Å². The highest BCUT2D eigenvalue weighted by Gasteiger charge is 2.12. The third kappa shape index (κ3) is 3.28. The van der Waals surface area contributed by atoms with Gasteiger partial charge in [0.2, 0.25) is 0 Å². The average molecular weight is 384 g/mol. The van der Waals surface area contributed by atoms with Gasteiger partial charge in [-0.25, -0.2) is 9.67 Å². The molecule has 0 aliphatic carbocycles. The fourth-order valence-electron chi connectivity index (χ4n) is 2.02. The van der Waals surface area contributed by atoms with Crippen molar-refractivity contribution in [2.75, 3.05) is 5.32 Å². The number of nitrogens with zero attached hydrogens (tertiary/aromatic N) is 3. The van der Waals surface area contributed by atoms with Crippen molar-refractivity contribution >= 4 is 44.6 Å². The number of aromatic nitrogens is 3. The SMILES string of the molecule is CC(Nc1cc(Cl)ccc1-n1cncn1)c1cc(Br)cs1. The van der Waals surface area contributed by atoms with E-state index in [1.807, 2.05) is 18.2 Å². The average Bonchev–Trinajstić information content (AvgIpc) is 3.10. The molecule has 3 aromatic rings. The molecule has 1 N–H and O–H groups in total. The number of halogens is 2. The molecule has 0 aliphatic heterocycles. The van der Waals surface area contributed by atoms with Crippen LogP contribution in [0.3, 0.4) is 0 Å². The van der Waals surface area contributed by atoms with Gasteiger partial charge in [0.05, 0.1) is 17.4 Å². The van der Waals surface area contributed by atoms with Crippen LogP contribution in [-0.4, -0.2) is 14.8 Å². The summed E-state index contributed by atoms with van der Waals surface area (Å²) >= 11 is 11.3. The second kappa shape index (κ2) is 6.17. The summed E-state index contributed by atoms with van der Waals surface area (Å²) in [5.74, 6) is 0. The summed E-state index contributed by atoms with van der Waals surface area (Å²) in [4.78, 5) is 5.23. The van der Waals surface area contributed by atoms with E-state index in [1.54, 1.807) is 22.3 Å². The van der Waals surface area contributed by atoms with E-state index < -0.39 is 0 Å². The van der Waals surface area contributed by atoms with Gasteiger partial charge in [-0.05, 0) is 47.1 Å². The van der Waals surface area contributed by atoms with Crippen LogP contribution in [0.5, 0.6) is 0 Å². The van der Waals surface area contributed by atoms with Gasteiger partial charge in [-0.1, -0.05) is 11.6 Å². The number of nitrogens with one attached hydrogen (secondary N) is 1. The molecule has 1 unspecified atom stereocenters. The van der Waals surface area contributed by atoms with Crippen molar-refractivity contribution in [3.05, 3.63) is 56.7 Å². The van der Waals surface area contributed by atoms with Crippen molar-refractivity contribution in [2.24, 2.45) is 0 Å². The standard InChI is InChI=1S/C14H12BrClN4S/c1-9(14-4-10(15)6-21-14)19-12-5-11(16)2-3-13(12)20-8-17-7-18-20/h2-9,19H,1H3. The van der Waals surface area contributed by atoms with E-state index in [2.05, 4.69) is 49.7 Å². The molecule has 0 saturated heterocycles. The summed E-state index contributed by atoms with van der Waals surface area (Å²) in [6.45, 7) is 2.12. The molecule has 0 bridgehead atoms. The zero-order valence-electron chi connectivity index (χ0n) is 11.1. The van der Waals surface area contributed by atoms with E-state index in [9.17, 15) is 0 Å². The Morgan fingerprint density at radius 2 is 2.24 bits per heavy atom. The smallest absolute Gasteiger partial charge is 0.138 e. The summed E-state index contributed by atoms with van der Waals surface area (Å²) in [5, 5.41) is 10.4. The Labute approximate surface area is 139 Å². The molecule has 0 spiro atoms. The van der Waals surface area contributed by atoms with Crippen molar-refractivity contribution in [3.8, 4) is 5.69 Å². The van der Waals surface area contributed by atoms with Gasteiger partial charge in [0.1, 0.15) is 12.7 Å². The van der Waals surface area contributed by atoms with E-state index in [4.69, 9.17) is 11.6 Å². The molecule has 108 valence electrons. The number of benzene rings is 1. The van der Waals surface area contributed by atoms with E-state index >= 15 is 0 Å². The topological polar surface area (TPSA) is 42.7 Å². The minimum absolute atomic E-state index is 0.169. The summed E-state index contributed by atoms with van der Waals surface area (Å²) in [6, 6.07) is 7.95.